The monoisotopic (exact) mass is 400 g/mol. The second kappa shape index (κ2) is 8.19. The third-order valence-corrected chi connectivity index (χ3v) is 6.10. The van der Waals surface area contributed by atoms with Gasteiger partial charge in [-0.05, 0) is 49.7 Å². The van der Waals surface area contributed by atoms with Crippen LogP contribution in [0.1, 0.15) is 31.2 Å². The molecule has 7 heteroatoms. The molecule has 0 saturated carbocycles. The number of rotatable bonds is 3. The number of thiocarbonyl (C=S) groups is 1. The average Bonchev–Trinajstić information content (AvgIpc) is 2.74. The summed E-state index contributed by atoms with van der Waals surface area (Å²) in [6, 6.07) is 5.25. The van der Waals surface area contributed by atoms with Gasteiger partial charge in [0.15, 0.2) is 0 Å². The van der Waals surface area contributed by atoms with E-state index in [1.807, 2.05) is 6.07 Å². The molecular formula is C17H18Cl2N2OS2. The number of amides is 1. The highest BCUT2D eigenvalue weighted by molar-refractivity contribution is 8.26. The summed E-state index contributed by atoms with van der Waals surface area (Å²) >= 11 is 18.9. The highest BCUT2D eigenvalue weighted by atomic mass is 35.5. The Kier molecular flexibility index (Phi) is 6.22. The largest absolute Gasteiger partial charge is 0.286 e. The summed E-state index contributed by atoms with van der Waals surface area (Å²) in [4.78, 5) is 17.3. The van der Waals surface area contributed by atoms with Gasteiger partial charge in [0.2, 0.25) is 0 Å². The van der Waals surface area contributed by atoms with Crippen LogP contribution in [-0.2, 0) is 4.79 Å². The fraction of sp³-hybridized carbons (Fsp3) is 0.412. The summed E-state index contributed by atoms with van der Waals surface area (Å²) in [6.07, 6.45) is 6.70. The first-order chi connectivity index (χ1) is 11.5. The lowest BCUT2D eigenvalue weighted by Gasteiger charge is -2.25. The predicted octanol–water partition coefficient (Wildman–Crippen LogP) is 5.03. The Hall–Kier alpha value is -0.590. The van der Waals surface area contributed by atoms with Crippen molar-refractivity contribution in [2.45, 2.75) is 25.7 Å². The molecule has 2 aliphatic rings. The van der Waals surface area contributed by atoms with Crippen molar-refractivity contribution in [2.75, 3.05) is 19.8 Å². The average molecular weight is 401 g/mol. The van der Waals surface area contributed by atoms with Gasteiger partial charge in [0.05, 0.1) is 11.6 Å². The fourth-order valence-corrected chi connectivity index (χ4v) is 4.55. The molecule has 0 aliphatic carbocycles. The SMILES string of the molecule is O=C1/C(=C/c2ccc(Cl)cc2Cl)SC(=S)N1CN1CCCCCC1. The van der Waals surface area contributed by atoms with E-state index in [4.69, 9.17) is 35.4 Å². The van der Waals surface area contributed by atoms with E-state index in [1.54, 1.807) is 23.1 Å². The van der Waals surface area contributed by atoms with Crippen LogP contribution in [-0.4, -0.2) is 39.8 Å². The maximum Gasteiger partial charge on any atom is 0.267 e. The molecule has 2 aliphatic heterocycles. The Bertz CT molecular complexity index is 685. The van der Waals surface area contributed by atoms with Crippen molar-refractivity contribution in [3.05, 3.63) is 38.7 Å². The number of likely N-dealkylation sites (tertiary alicyclic amines) is 1. The first-order valence-corrected chi connectivity index (χ1v) is 9.95. The van der Waals surface area contributed by atoms with Gasteiger partial charge in [0, 0.05) is 10.0 Å². The molecule has 0 N–H and O–H groups in total. The standard InChI is InChI=1S/C17H18Cl2N2OS2/c18-13-6-5-12(14(19)10-13)9-15-16(22)21(17(23)24-15)11-20-7-3-1-2-4-8-20/h5-6,9-10H,1-4,7-8,11H2/b15-9-. The summed E-state index contributed by atoms with van der Waals surface area (Å²) in [6.45, 7) is 2.63. The van der Waals surface area contributed by atoms with Crippen LogP contribution in [0.15, 0.2) is 23.1 Å². The van der Waals surface area contributed by atoms with Gasteiger partial charge in [-0.2, -0.15) is 0 Å². The van der Waals surface area contributed by atoms with E-state index in [9.17, 15) is 4.79 Å². The van der Waals surface area contributed by atoms with Gasteiger partial charge in [-0.3, -0.25) is 14.6 Å². The molecule has 1 amide bonds. The van der Waals surface area contributed by atoms with E-state index in [0.717, 1.165) is 18.7 Å². The first kappa shape index (κ1) is 18.2. The maximum atomic E-state index is 12.7. The number of nitrogens with zero attached hydrogens (tertiary/aromatic N) is 2. The summed E-state index contributed by atoms with van der Waals surface area (Å²) in [5.41, 5.74) is 0.774. The third kappa shape index (κ3) is 4.33. The number of hydrogen-bond acceptors (Lipinski definition) is 4. The smallest absolute Gasteiger partial charge is 0.267 e. The van der Waals surface area contributed by atoms with Crippen molar-refractivity contribution in [2.24, 2.45) is 0 Å². The molecular weight excluding hydrogens is 383 g/mol. The zero-order chi connectivity index (χ0) is 17.1. The molecule has 0 radical (unpaired) electrons. The van der Waals surface area contributed by atoms with Gasteiger partial charge in [0.1, 0.15) is 4.32 Å². The summed E-state index contributed by atoms with van der Waals surface area (Å²) in [5, 5.41) is 1.10. The van der Waals surface area contributed by atoms with Crippen molar-refractivity contribution in [1.29, 1.82) is 0 Å². The summed E-state index contributed by atoms with van der Waals surface area (Å²) in [7, 11) is 0. The molecule has 2 heterocycles. The van der Waals surface area contributed by atoms with Crippen LogP contribution >= 0.6 is 47.2 Å². The van der Waals surface area contributed by atoms with Gasteiger partial charge in [-0.15, -0.1) is 0 Å². The molecule has 0 bridgehead atoms. The number of hydrogen-bond donors (Lipinski definition) is 0. The summed E-state index contributed by atoms with van der Waals surface area (Å²) < 4.78 is 0.612. The Balaban J connectivity index is 1.74. The molecule has 2 fully saturated rings. The van der Waals surface area contributed by atoms with Crippen LogP contribution in [0.4, 0.5) is 0 Å². The lowest BCUT2D eigenvalue weighted by atomic mass is 10.2. The minimum Gasteiger partial charge on any atom is -0.286 e. The van der Waals surface area contributed by atoms with Gasteiger partial charge in [-0.1, -0.05) is 66.1 Å². The molecule has 2 saturated heterocycles. The fourth-order valence-electron chi connectivity index (χ4n) is 2.86. The number of carbonyl (C=O) groups is 1. The number of thioether (sulfide) groups is 1. The van der Waals surface area contributed by atoms with Crippen LogP contribution in [0.2, 0.25) is 10.0 Å². The second-order valence-electron chi connectivity index (χ2n) is 5.95. The minimum absolute atomic E-state index is 0.0414. The molecule has 128 valence electrons. The molecule has 1 aromatic carbocycles. The van der Waals surface area contributed by atoms with E-state index in [0.29, 0.717) is 25.9 Å². The zero-order valence-corrected chi connectivity index (χ0v) is 16.3. The van der Waals surface area contributed by atoms with E-state index in [1.165, 1.54) is 37.4 Å². The van der Waals surface area contributed by atoms with Crippen LogP contribution in [0.5, 0.6) is 0 Å². The molecule has 24 heavy (non-hydrogen) atoms. The molecule has 1 aromatic rings. The van der Waals surface area contributed by atoms with Crippen molar-refractivity contribution in [3.63, 3.8) is 0 Å². The van der Waals surface area contributed by atoms with Crippen LogP contribution in [0.25, 0.3) is 6.08 Å². The van der Waals surface area contributed by atoms with E-state index < -0.39 is 0 Å². The van der Waals surface area contributed by atoms with Gasteiger partial charge in [-0.25, -0.2) is 0 Å². The number of benzene rings is 1. The predicted molar refractivity (Wildman–Crippen MR) is 106 cm³/mol. The molecule has 0 spiro atoms. The Labute approximate surface area is 162 Å². The number of halogens is 2. The normalized spacial score (nSPS) is 21.6. The second-order valence-corrected chi connectivity index (χ2v) is 8.47. The minimum atomic E-state index is -0.0414. The number of carbonyl (C=O) groups excluding carboxylic acids is 1. The van der Waals surface area contributed by atoms with E-state index in [2.05, 4.69) is 4.90 Å². The molecule has 0 unspecified atom stereocenters. The zero-order valence-electron chi connectivity index (χ0n) is 13.1. The highest BCUT2D eigenvalue weighted by Gasteiger charge is 2.33. The van der Waals surface area contributed by atoms with Crippen LogP contribution in [0, 0.1) is 0 Å². The van der Waals surface area contributed by atoms with Gasteiger partial charge >= 0.3 is 0 Å². The molecule has 0 aromatic heterocycles. The van der Waals surface area contributed by atoms with Crippen molar-refractivity contribution in [3.8, 4) is 0 Å². The van der Waals surface area contributed by atoms with Crippen molar-refractivity contribution in [1.82, 2.24) is 9.80 Å². The van der Waals surface area contributed by atoms with E-state index in [-0.39, 0.29) is 5.91 Å². The lowest BCUT2D eigenvalue weighted by molar-refractivity contribution is -0.123. The van der Waals surface area contributed by atoms with Crippen molar-refractivity contribution >= 4 is 63.5 Å². The van der Waals surface area contributed by atoms with Gasteiger partial charge < -0.3 is 0 Å². The van der Waals surface area contributed by atoms with Crippen LogP contribution < -0.4 is 0 Å². The summed E-state index contributed by atoms with van der Waals surface area (Å²) in [5.74, 6) is -0.0414. The van der Waals surface area contributed by atoms with Crippen molar-refractivity contribution < 1.29 is 4.79 Å². The topological polar surface area (TPSA) is 23.6 Å². The molecule has 3 nitrogen and oxygen atoms in total. The Morgan fingerprint density at radius 1 is 1.17 bits per heavy atom. The Morgan fingerprint density at radius 3 is 2.54 bits per heavy atom. The highest BCUT2D eigenvalue weighted by Crippen LogP contribution is 2.34. The Morgan fingerprint density at radius 2 is 1.88 bits per heavy atom. The van der Waals surface area contributed by atoms with Gasteiger partial charge in [0.25, 0.3) is 5.91 Å². The first-order valence-electron chi connectivity index (χ1n) is 7.97. The molecule has 0 atom stereocenters. The van der Waals surface area contributed by atoms with E-state index >= 15 is 0 Å². The lowest BCUT2D eigenvalue weighted by Crippen LogP contribution is -2.40. The molecule has 3 rings (SSSR count). The van der Waals surface area contributed by atoms with Crippen LogP contribution in [0.3, 0.4) is 0 Å². The quantitative estimate of drug-likeness (QED) is 0.524. The third-order valence-electron chi connectivity index (χ3n) is 4.16. The maximum absolute atomic E-state index is 12.7.